The predicted molar refractivity (Wildman–Crippen MR) is 57.2 cm³/mol. The maximum absolute atomic E-state index is 13.0. The van der Waals surface area contributed by atoms with Crippen LogP contribution in [0.1, 0.15) is 30.9 Å². The van der Waals surface area contributed by atoms with Gasteiger partial charge >= 0.3 is 6.29 Å². The van der Waals surface area contributed by atoms with Crippen LogP contribution in [-0.2, 0) is 0 Å². The first-order valence-electron chi connectivity index (χ1n) is 5.78. The summed E-state index contributed by atoms with van der Waals surface area (Å²) in [7, 11) is 0. The maximum Gasteiger partial charge on any atom is 0.586 e. The third kappa shape index (κ3) is 1.95. The highest BCUT2D eigenvalue weighted by Crippen LogP contribution is 2.46. The van der Waals surface area contributed by atoms with Gasteiger partial charge in [0.2, 0.25) is 0 Å². The van der Waals surface area contributed by atoms with E-state index >= 15 is 0 Å². The first-order valence-corrected chi connectivity index (χ1v) is 5.78. The molecule has 2 heterocycles. The third-order valence-corrected chi connectivity index (χ3v) is 3.14. The van der Waals surface area contributed by atoms with Crippen LogP contribution in [0.25, 0.3) is 0 Å². The van der Waals surface area contributed by atoms with Crippen molar-refractivity contribution < 1.29 is 18.3 Å². The molecule has 0 aliphatic carbocycles. The van der Waals surface area contributed by atoms with Crippen molar-refractivity contribution in [2.45, 2.75) is 31.6 Å². The summed E-state index contributed by atoms with van der Waals surface area (Å²) in [5.41, 5.74) is 0.763. The summed E-state index contributed by atoms with van der Waals surface area (Å²) in [6, 6.07) is 5.11. The van der Waals surface area contributed by atoms with E-state index in [1.54, 1.807) is 6.07 Å². The lowest BCUT2D eigenvalue weighted by atomic mass is 9.96. The maximum atomic E-state index is 13.0. The van der Waals surface area contributed by atoms with Gasteiger partial charge in [-0.25, -0.2) is 0 Å². The lowest BCUT2D eigenvalue weighted by Gasteiger charge is -2.24. The molecule has 0 bridgehead atoms. The van der Waals surface area contributed by atoms with Crippen molar-refractivity contribution in [3.05, 3.63) is 23.8 Å². The molecule has 1 aromatic carbocycles. The van der Waals surface area contributed by atoms with E-state index in [0.717, 1.165) is 31.4 Å². The molecule has 2 aliphatic heterocycles. The average molecular weight is 241 g/mol. The minimum absolute atomic E-state index is 0.0798. The fourth-order valence-electron chi connectivity index (χ4n) is 2.38. The van der Waals surface area contributed by atoms with E-state index in [0.29, 0.717) is 0 Å². The Kier molecular flexibility index (Phi) is 2.43. The van der Waals surface area contributed by atoms with E-state index in [9.17, 15) is 8.78 Å². The van der Waals surface area contributed by atoms with Crippen LogP contribution < -0.4 is 14.8 Å². The van der Waals surface area contributed by atoms with Gasteiger partial charge < -0.3 is 14.8 Å². The molecule has 1 unspecified atom stereocenters. The van der Waals surface area contributed by atoms with Gasteiger partial charge in [0, 0.05) is 11.6 Å². The molecule has 1 aromatic rings. The van der Waals surface area contributed by atoms with E-state index in [-0.39, 0.29) is 17.5 Å². The number of hydrogen-bond acceptors (Lipinski definition) is 3. The Morgan fingerprint density at radius 3 is 2.88 bits per heavy atom. The molecular formula is C12H13F2NO2. The minimum Gasteiger partial charge on any atom is -0.395 e. The van der Waals surface area contributed by atoms with Gasteiger partial charge in [-0.1, -0.05) is 18.6 Å². The number of rotatable bonds is 1. The zero-order valence-electron chi connectivity index (χ0n) is 9.21. The van der Waals surface area contributed by atoms with E-state index in [2.05, 4.69) is 14.8 Å². The SMILES string of the molecule is FC1(F)Oc2cccc(C3CCCCN3)c2O1. The zero-order chi connectivity index (χ0) is 11.9. The third-order valence-electron chi connectivity index (χ3n) is 3.14. The molecular weight excluding hydrogens is 228 g/mol. The van der Waals surface area contributed by atoms with Gasteiger partial charge in [0.25, 0.3) is 0 Å². The van der Waals surface area contributed by atoms with Gasteiger partial charge in [-0.15, -0.1) is 8.78 Å². The first kappa shape index (κ1) is 10.8. The molecule has 2 aliphatic rings. The van der Waals surface area contributed by atoms with Crippen molar-refractivity contribution in [1.82, 2.24) is 5.32 Å². The van der Waals surface area contributed by atoms with Gasteiger partial charge in [0.1, 0.15) is 0 Å². The number of para-hydroxylation sites is 1. The Labute approximate surface area is 97.7 Å². The Morgan fingerprint density at radius 1 is 1.24 bits per heavy atom. The standard InChI is InChI=1S/C12H13F2NO2/c13-12(14)16-10-6-3-4-8(11(10)17-12)9-5-1-2-7-15-9/h3-4,6,9,15H,1-2,5,7H2. The molecule has 92 valence electrons. The lowest BCUT2D eigenvalue weighted by Crippen LogP contribution is -2.28. The summed E-state index contributed by atoms with van der Waals surface area (Å²) in [5.74, 6) is 0.303. The molecule has 5 heteroatoms. The summed E-state index contributed by atoms with van der Waals surface area (Å²) in [5, 5.41) is 3.31. The molecule has 1 fully saturated rings. The average Bonchev–Trinajstić information content (AvgIpc) is 2.63. The smallest absolute Gasteiger partial charge is 0.395 e. The van der Waals surface area contributed by atoms with Crippen molar-refractivity contribution in [3.63, 3.8) is 0 Å². The van der Waals surface area contributed by atoms with Crippen LogP contribution >= 0.6 is 0 Å². The topological polar surface area (TPSA) is 30.5 Å². The van der Waals surface area contributed by atoms with Crippen LogP contribution in [0.3, 0.4) is 0 Å². The second-order valence-electron chi connectivity index (χ2n) is 4.34. The van der Waals surface area contributed by atoms with Crippen LogP contribution in [0.15, 0.2) is 18.2 Å². The zero-order valence-corrected chi connectivity index (χ0v) is 9.21. The largest absolute Gasteiger partial charge is 0.586 e. The van der Waals surface area contributed by atoms with Crippen LogP contribution in [0.4, 0.5) is 8.78 Å². The number of hydrogen-bond donors (Lipinski definition) is 1. The number of fused-ring (bicyclic) bond motifs is 1. The van der Waals surface area contributed by atoms with Gasteiger partial charge in [-0.3, -0.25) is 0 Å². The van der Waals surface area contributed by atoms with E-state index < -0.39 is 6.29 Å². The van der Waals surface area contributed by atoms with Crippen LogP contribution in [0, 0.1) is 0 Å². The van der Waals surface area contributed by atoms with Crippen molar-refractivity contribution in [1.29, 1.82) is 0 Å². The Hall–Kier alpha value is -1.36. The number of ether oxygens (including phenoxy) is 2. The number of alkyl halides is 2. The van der Waals surface area contributed by atoms with E-state index in [4.69, 9.17) is 0 Å². The van der Waals surface area contributed by atoms with Gasteiger partial charge in [-0.2, -0.15) is 0 Å². The van der Waals surface area contributed by atoms with Crippen LogP contribution in [0.2, 0.25) is 0 Å². The summed E-state index contributed by atoms with van der Waals surface area (Å²) in [4.78, 5) is 0. The molecule has 0 spiro atoms. The molecule has 3 nitrogen and oxygen atoms in total. The van der Waals surface area contributed by atoms with Crippen LogP contribution in [0.5, 0.6) is 11.5 Å². The number of benzene rings is 1. The van der Waals surface area contributed by atoms with Crippen molar-refractivity contribution >= 4 is 0 Å². The van der Waals surface area contributed by atoms with Gasteiger partial charge in [-0.05, 0) is 25.5 Å². The van der Waals surface area contributed by atoms with E-state index in [1.807, 2.05) is 6.07 Å². The summed E-state index contributed by atoms with van der Waals surface area (Å²) >= 11 is 0. The molecule has 0 radical (unpaired) electrons. The quantitative estimate of drug-likeness (QED) is 0.820. The Bertz CT molecular complexity index is 431. The number of halogens is 2. The fraction of sp³-hybridized carbons (Fsp3) is 0.500. The van der Waals surface area contributed by atoms with Crippen LogP contribution in [-0.4, -0.2) is 12.8 Å². The summed E-state index contributed by atoms with van der Waals surface area (Å²) < 4.78 is 35.1. The molecule has 3 rings (SSSR count). The summed E-state index contributed by atoms with van der Waals surface area (Å²) in [6.07, 6.45) is -0.379. The molecule has 1 N–H and O–H groups in total. The number of piperidine rings is 1. The molecule has 1 atom stereocenters. The first-order chi connectivity index (χ1) is 8.16. The number of nitrogens with one attached hydrogen (secondary N) is 1. The normalized spacial score (nSPS) is 25.9. The minimum atomic E-state index is -3.53. The van der Waals surface area contributed by atoms with Crippen molar-refractivity contribution in [2.24, 2.45) is 0 Å². The van der Waals surface area contributed by atoms with Gasteiger partial charge in [0.05, 0.1) is 0 Å². The van der Waals surface area contributed by atoms with Gasteiger partial charge in [0.15, 0.2) is 11.5 Å². The Morgan fingerprint density at radius 2 is 2.12 bits per heavy atom. The monoisotopic (exact) mass is 241 g/mol. The summed E-state index contributed by atoms with van der Waals surface area (Å²) in [6.45, 7) is 0.908. The fourth-order valence-corrected chi connectivity index (χ4v) is 2.38. The lowest BCUT2D eigenvalue weighted by molar-refractivity contribution is -0.287. The molecule has 1 saturated heterocycles. The molecule has 0 amide bonds. The van der Waals surface area contributed by atoms with Crippen molar-refractivity contribution in [3.8, 4) is 11.5 Å². The predicted octanol–water partition coefficient (Wildman–Crippen LogP) is 2.82. The highest BCUT2D eigenvalue weighted by atomic mass is 19.3. The second-order valence-corrected chi connectivity index (χ2v) is 4.34. The molecule has 0 aromatic heterocycles. The molecule has 0 saturated carbocycles. The second kappa shape index (κ2) is 3.84. The highest BCUT2D eigenvalue weighted by molar-refractivity contribution is 5.50. The highest BCUT2D eigenvalue weighted by Gasteiger charge is 2.45. The molecule has 17 heavy (non-hydrogen) atoms. The van der Waals surface area contributed by atoms with Crippen molar-refractivity contribution in [2.75, 3.05) is 6.54 Å². The van der Waals surface area contributed by atoms with E-state index in [1.165, 1.54) is 6.07 Å². The Balaban J connectivity index is 1.94.